The molecule has 7 rings (SSSR count). The van der Waals surface area contributed by atoms with Crippen molar-refractivity contribution in [2.24, 2.45) is 0 Å². The molecule has 2 atom stereocenters. The Labute approximate surface area is 274 Å². The summed E-state index contributed by atoms with van der Waals surface area (Å²) in [4.78, 5) is 33.1. The summed E-state index contributed by atoms with van der Waals surface area (Å²) in [6.45, 7) is 13.4. The molecule has 4 aromatic rings. The van der Waals surface area contributed by atoms with Crippen LogP contribution >= 0.6 is 0 Å². The minimum Gasteiger partial charge on any atom is -0.461 e. The highest BCUT2D eigenvalue weighted by atomic mass is 16.6. The first-order chi connectivity index (χ1) is 23.2. The second-order valence-electron chi connectivity index (χ2n) is 12.1. The smallest absolute Gasteiger partial charge is 0.410 e. The van der Waals surface area contributed by atoms with Crippen LogP contribution in [0.5, 0.6) is 6.01 Å². The number of carbonyl (C=O) groups is 1. The van der Waals surface area contributed by atoms with Crippen LogP contribution in [0.4, 0.5) is 16.3 Å². The Morgan fingerprint density at radius 3 is 2.70 bits per heavy atom. The molecule has 1 amide bonds. The third-order valence-corrected chi connectivity index (χ3v) is 9.06. The Kier molecular flexibility index (Phi) is 9.31. The maximum atomic E-state index is 13.2. The Bertz CT molecular complexity index is 1740. The van der Waals surface area contributed by atoms with Gasteiger partial charge in [0.2, 0.25) is 6.54 Å². The van der Waals surface area contributed by atoms with E-state index in [0.29, 0.717) is 51.9 Å². The van der Waals surface area contributed by atoms with Gasteiger partial charge in [-0.05, 0) is 23.4 Å². The van der Waals surface area contributed by atoms with Crippen molar-refractivity contribution in [2.45, 2.75) is 31.7 Å². The number of hydrogen-bond donors (Lipinski definition) is 1. The van der Waals surface area contributed by atoms with Crippen molar-refractivity contribution in [3.63, 3.8) is 0 Å². The fourth-order valence-corrected chi connectivity index (χ4v) is 6.65. The summed E-state index contributed by atoms with van der Waals surface area (Å²) >= 11 is 0. The van der Waals surface area contributed by atoms with Gasteiger partial charge in [-0.1, -0.05) is 66.7 Å². The van der Waals surface area contributed by atoms with Gasteiger partial charge < -0.3 is 34.2 Å². The third-order valence-electron chi connectivity index (χ3n) is 9.06. The van der Waals surface area contributed by atoms with Crippen molar-refractivity contribution >= 4 is 28.4 Å². The number of morpholine rings is 1. The molecule has 11 nitrogen and oxygen atoms in total. The molecular formula is C36H39N7O4. The molecule has 4 heterocycles. The summed E-state index contributed by atoms with van der Waals surface area (Å²) in [5, 5.41) is 5.76. The van der Waals surface area contributed by atoms with E-state index in [0.717, 1.165) is 42.1 Å². The van der Waals surface area contributed by atoms with Gasteiger partial charge in [0.1, 0.15) is 31.2 Å². The molecule has 3 aromatic carbocycles. The topological polar surface area (TPSA) is 96.6 Å². The maximum absolute atomic E-state index is 13.2. The van der Waals surface area contributed by atoms with Crippen LogP contribution in [0.25, 0.3) is 15.6 Å². The molecule has 1 aromatic heterocycles. The van der Waals surface area contributed by atoms with Crippen molar-refractivity contribution in [1.82, 2.24) is 20.2 Å². The van der Waals surface area contributed by atoms with Gasteiger partial charge in [0, 0.05) is 55.9 Å². The summed E-state index contributed by atoms with van der Waals surface area (Å²) in [6, 6.07) is 24.5. The number of nitrogens with zero attached hydrogens (tertiary/aromatic N) is 6. The van der Waals surface area contributed by atoms with Crippen LogP contribution in [0.1, 0.15) is 16.8 Å². The summed E-state index contributed by atoms with van der Waals surface area (Å²) in [7, 11) is 0. The number of fused-ring (bicyclic) bond motifs is 2. The van der Waals surface area contributed by atoms with E-state index in [-0.39, 0.29) is 25.3 Å². The molecule has 1 N–H and O–H groups in total. The van der Waals surface area contributed by atoms with E-state index in [1.54, 1.807) is 4.90 Å². The number of benzene rings is 3. The van der Waals surface area contributed by atoms with Crippen LogP contribution in [0.3, 0.4) is 0 Å². The molecule has 3 aliphatic heterocycles. The summed E-state index contributed by atoms with van der Waals surface area (Å²) in [5.41, 5.74) is 4.12. The molecule has 0 aliphatic carbocycles. The second-order valence-corrected chi connectivity index (χ2v) is 12.1. The first-order valence-electron chi connectivity index (χ1n) is 16.3. The zero-order chi connectivity index (χ0) is 32.0. The van der Waals surface area contributed by atoms with Crippen molar-refractivity contribution in [3.05, 3.63) is 101 Å². The van der Waals surface area contributed by atoms with Gasteiger partial charge in [0.25, 0.3) is 0 Å². The minimum atomic E-state index is -0.400. The standard InChI is InChI=1S/C36H39N7O4/c1-37-20-28-22-42(17-18-43(28)36(44)47-24-26-8-3-2-4-9-26)34-31-14-16-41(33-13-7-11-27-10-5-6-12-30(27)33)23-32(31)39-35(40-34)46-25-29-21-38-15-19-45-29/h2-13,28-29,38H,14-25H2/t28-,29+/m0/s1. The van der Waals surface area contributed by atoms with Gasteiger partial charge in [-0.3, -0.25) is 4.90 Å². The first-order valence-corrected chi connectivity index (χ1v) is 16.3. The molecule has 0 radical (unpaired) electrons. The number of amides is 1. The zero-order valence-electron chi connectivity index (χ0n) is 26.4. The molecule has 47 heavy (non-hydrogen) atoms. The van der Waals surface area contributed by atoms with Crippen LogP contribution < -0.4 is 19.9 Å². The van der Waals surface area contributed by atoms with E-state index >= 15 is 0 Å². The molecular weight excluding hydrogens is 594 g/mol. The van der Waals surface area contributed by atoms with E-state index in [1.165, 1.54) is 16.5 Å². The van der Waals surface area contributed by atoms with Crippen molar-refractivity contribution in [1.29, 1.82) is 0 Å². The summed E-state index contributed by atoms with van der Waals surface area (Å²) in [6.07, 6.45) is 0.284. The quantitative estimate of drug-likeness (QED) is 0.285. The van der Waals surface area contributed by atoms with Crippen LogP contribution in [-0.4, -0.2) is 92.1 Å². The van der Waals surface area contributed by atoms with Gasteiger partial charge >= 0.3 is 12.1 Å². The highest BCUT2D eigenvalue weighted by molar-refractivity contribution is 5.94. The van der Waals surface area contributed by atoms with E-state index in [2.05, 4.69) is 62.4 Å². The number of rotatable bonds is 8. The molecule has 0 unspecified atom stereocenters. The molecule has 0 spiro atoms. The van der Waals surface area contributed by atoms with Gasteiger partial charge in [-0.2, -0.15) is 9.97 Å². The van der Waals surface area contributed by atoms with Gasteiger partial charge in [0.15, 0.2) is 0 Å². The zero-order valence-corrected chi connectivity index (χ0v) is 26.4. The van der Waals surface area contributed by atoms with E-state index < -0.39 is 6.09 Å². The van der Waals surface area contributed by atoms with Gasteiger partial charge in [-0.25, -0.2) is 11.4 Å². The lowest BCUT2D eigenvalue weighted by atomic mass is 10.0. The Hall–Kier alpha value is -4.92. The number of piperazine rings is 1. The van der Waals surface area contributed by atoms with Crippen LogP contribution in [-0.2, 0) is 29.0 Å². The Morgan fingerprint density at radius 1 is 1.00 bits per heavy atom. The number of ether oxygens (including phenoxy) is 3. The van der Waals surface area contributed by atoms with Gasteiger partial charge in [0.05, 0.1) is 18.8 Å². The predicted molar refractivity (Wildman–Crippen MR) is 180 cm³/mol. The normalized spacial score (nSPS) is 19.6. The molecule has 2 saturated heterocycles. The SMILES string of the molecule is [C-]#[N+]C[C@H]1CN(c2nc(OC[C@H]3CNCCO3)nc3c2CCN(c2cccc4ccccc24)C3)CCN1C(=O)OCc1ccccc1. The Morgan fingerprint density at radius 2 is 1.85 bits per heavy atom. The second kappa shape index (κ2) is 14.2. The number of nitrogens with one attached hydrogen (secondary N) is 1. The largest absolute Gasteiger partial charge is 0.461 e. The first kappa shape index (κ1) is 30.7. The maximum Gasteiger partial charge on any atom is 0.410 e. The van der Waals surface area contributed by atoms with Crippen LogP contribution in [0.15, 0.2) is 72.8 Å². The highest BCUT2D eigenvalue weighted by Crippen LogP contribution is 2.34. The van der Waals surface area contributed by atoms with E-state index in [4.69, 9.17) is 30.8 Å². The van der Waals surface area contributed by atoms with Crippen LogP contribution in [0, 0.1) is 6.57 Å². The van der Waals surface area contributed by atoms with Crippen molar-refractivity contribution < 1.29 is 19.0 Å². The average Bonchev–Trinajstić information content (AvgIpc) is 3.13. The number of carbonyl (C=O) groups excluding carboxylic acids is 1. The van der Waals surface area contributed by atoms with Crippen LogP contribution in [0.2, 0.25) is 0 Å². The average molecular weight is 634 g/mol. The molecule has 2 fully saturated rings. The lowest BCUT2D eigenvalue weighted by molar-refractivity contribution is -0.00183. The Balaban J connectivity index is 1.14. The lowest BCUT2D eigenvalue weighted by Gasteiger charge is -2.40. The number of anilines is 2. The molecule has 0 bridgehead atoms. The summed E-state index contributed by atoms with van der Waals surface area (Å²) in [5.74, 6) is 0.817. The van der Waals surface area contributed by atoms with E-state index in [9.17, 15) is 4.79 Å². The van der Waals surface area contributed by atoms with Crippen molar-refractivity contribution in [2.75, 3.05) is 68.8 Å². The molecule has 242 valence electrons. The fraction of sp³-hybridized carbons (Fsp3) is 0.389. The minimum absolute atomic E-state index is 0.0764. The number of hydrogen-bond acceptors (Lipinski definition) is 9. The van der Waals surface area contributed by atoms with Gasteiger partial charge in [-0.15, -0.1) is 0 Å². The third kappa shape index (κ3) is 6.94. The summed E-state index contributed by atoms with van der Waals surface area (Å²) < 4.78 is 17.7. The highest BCUT2D eigenvalue weighted by Gasteiger charge is 2.36. The predicted octanol–water partition coefficient (Wildman–Crippen LogP) is 4.31. The molecule has 0 saturated carbocycles. The number of aromatic nitrogens is 2. The fourth-order valence-electron chi connectivity index (χ4n) is 6.65. The van der Waals surface area contributed by atoms with E-state index in [1.807, 2.05) is 30.3 Å². The molecule has 3 aliphatic rings. The lowest BCUT2D eigenvalue weighted by Crippen LogP contribution is -2.57. The monoisotopic (exact) mass is 633 g/mol. The van der Waals surface area contributed by atoms with Crippen molar-refractivity contribution in [3.8, 4) is 6.01 Å². The molecule has 11 heteroatoms.